The average Bonchev–Trinajstić information content (AvgIpc) is 2.63. The molecule has 0 atom stereocenters. The average molecular weight is 378 g/mol. The zero-order valence-corrected chi connectivity index (χ0v) is 14.1. The molecule has 0 bridgehead atoms. The number of para-hydroxylation sites is 1. The number of rotatable bonds is 4. The number of aromatic nitrogens is 1. The number of ether oxygens (including phenoxy) is 1. The number of carbonyl (C=O) groups is 1. The summed E-state index contributed by atoms with van der Waals surface area (Å²) in [6, 6.07) is 11.0. The van der Waals surface area contributed by atoms with Crippen LogP contribution in [0, 0.1) is 5.82 Å². The highest BCUT2D eigenvalue weighted by Gasteiger charge is 2.40. The van der Waals surface area contributed by atoms with Crippen LogP contribution in [0.15, 0.2) is 48.5 Å². The number of methoxy groups -OCH3 is 1. The first-order valence-corrected chi connectivity index (χ1v) is 7.88. The lowest BCUT2D eigenvalue weighted by Crippen LogP contribution is -2.27. The van der Waals surface area contributed by atoms with E-state index >= 15 is 0 Å². The predicted molar refractivity (Wildman–Crippen MR) is 90.9 cm³/mol. The molecular formula is C19H14F4N2O2. The number of nitrogens with one attached hydrogen (secondary N) is 1. The Morgan fingerprint density at radius 2 is 1.89 bits per heavy atom. The van der Waals surface area contributed by atoms with Crippen LogP contribution >= 0.6 is 0 Å². The van der Waals surface area contributed by atoms with Crippen LogP contribution in [-0.2, 0) is 12.7 Å². The number of alkyl halides is 3. The Bertz CT molecular complexity index is 1000. The molecule has 0 saturated carbocycles. The Balaban J connectivity index is 2.07. The standard InChI is InChI=1S/C19H14F4N2O2/c1-27-18-15(17(26)24-10-11-5-4-6-12(20)9-11)16(19(21,22)23)13-7-2-3-8-14(13)25-18/h2-9H,10H2,1H3,(H,24,26). The Kier molecular flexibility index (Phi) is 4.98. The summed E-state index contributed by atoms with van der Waals surface area (Å²) >= 11 is 0. The number of nitrogens with zero attached hydrogens (tertiary/aromatic N) is 1. The first kappa shape index (κ1) is 18.6. The minimum atomic E-state index is -4.80. The van der Waals surface area contributed by atoms with Crippen LogP contribution in [0.5, 0.6) is 5.88 Å². The molecule has 0 saturated heterocycles. The second-order valence-electron chi connectivity index (χ2n) is 5.70. The number of hydrogen-bond acceptors (Lipinski definition) is 3. The van der Waals surface area contributed by atoms with Gasteiger partial charge in [0.15, 0.2) is 0 Å². The van der Waals surface area contributed by atoms with E-state index in [9.17, 15) is 22.4 Å². The molecule has 8 heteroatoms. The molecule has 0 radical (unpaired) electrons. The van der Waals surface area contributed by atoms with Crippen molar-refractivity contribution in [3.05, 3.63) is 71.0 Å². The van der Waals surface area contributed by atoms with E-state index in [1.165, 1.54) is 36.4 Å². The molecule has 1 aromatic heterocycles. The van der Waals surface area contributed by atoms with Crippen molar-refractivity contribution in [3.8, 4) is 5.88 Å². The zero-order valence-electron chi connectivity index (χ0n) is 14.1. The van der Waals surface area contributed by atoms with Crippen molar-refractivity contribution in [2.75, 3.05) is 7.11 Å². The fraction of sp³-hybridized carbons (Fsp3) is 0.158. The molecule has 0 aliphatic heterocycles. The van der Waals surface area contributed by atoms with Crippen molar-refractivity contribution in [2.45, 2.75) is 12.7 Å². The molecule has 0 spiro atoms. The van der Waals surface area contributed by atoms with Gasteiger partial charge in [-0.1, -0.05) is 30.3 Å². The summed E-state index contributed by atoms with van der Waals surface area (Å²) in [5, 5.41) is 2.16. The van der Waals surface area contributed by atoms with Crippen LogP contribution in [0.1, 0.15) is 21.5 Å². The van der Waals surface area contributed by atoms with E-state index in [0.29, 0.717) is 5.56 Å². The number of pyridine rings is 1. The summed E-state index contributed by atoms with van der Waals surface area (Å²) in [4.78, 5) is 16.6. The molecule has 27 heavy (non-hydrogen) atoms. The molecule has 0 aliphatic carbocycles. The van der Waals surface area contributed by atoms with Gasteiger partial charge in [0.2, 0.25) is 5.88 Å². The lowest BCUT2D eigenvalue weighted by atomic mass is 10.0. The maximum absolute atomic E-state index is 13.8. The van der Waals surface area contributed by atoms with Crippen LogP contribution in [0.3, 0.4) is 0 Å². The molecule has 0 fully saturated rings. The third-order valence-corrected chi connectivity index (χ3v) is 3.91. The van der Waals surface area contributed by atoms with E-state index in [4.69, 9.17) is 4.74 Å². The van der Waals surface area contributed by atoms with Gasteiger partial charge < -0.3 is 10.1 Å². The molecule has 1 heterocycles. The molecule has 2 aromatic carbocycles. The lowest BCUT2D eigenvalue weighted by Gasteiger charge is -2.18. The van der Waals surface area contributed by atoms with Gasteiger partial charge in [0.1, 0.15) is 11.4 Å². The molecule has 0 aliphatic rings. The Hall–Kier alpha value is -3.16. The topological polar surface area (TPSA) is 51.2 Å². The molecule has 0 unspecified atom stereocenters. The number of hydrogen-bond donors (Lipinski definition) is 1. The Morgan fingerprint density at radius 1 is 1.15 bits per heavy atom. The summed E-state index contributed by atoms with van der Waals surface area (Å²) < 4.78 is 59.5. The van der Waals surface area contributed by atoms with Crippen molar-refractivity contribution in [2.24, 2.45) is 0 Å². The largest absolute Gasteiger partial charge is 0.480 e. The number of carbonyl (C=O) groups excluding carboxylic acids is 1. The van der Waals surface area contributed by atoms with Crippen molar-refractivity contribution >= 4 is 16.8 Å². The smallest absolute Gasteiger partial charge is 0.418 e. The van der Waals surface area contributed by atoms with Crippen LogP contribution in [0.25, 0.3) is 10.9 Å². The van der Waals surface area contributed by atoms with Crippen LogP contribution in [-0.4, -0.2) is 18.0 Å². The number of amides is 1. The highest BCUT2D eigenvalue weighted by molar-refractivity contribution is 6.03. The van der Waals surface area contributed by atoms with Gasteiger partial charge in [0.25, 0.3) is 5.91 Å². The minimum Gasteiger partial charge on any atom is -0.480 e. The van der Waals surface area contributed by atoms with Crippen LogP contribution in [0.2, 0.25) is 0 Å². The number of benzene rings is 2. The summed E-state index contributed by atoms with van der Waals surface area (Å²) in [5.41, 5.74) is -1.37. The molecule has 4 nitrogen and oxygen atoms in total. The van der Waals surface area contributed by atoms with Gasteiger partial charge in [0.05, 0.1) is 18.2 Å². The van der Waals surface area contributed by atoms with Gasteiger partial charge in [-0.15, -0.1) is 0 Å². The molecule has 1 N–H and O–H groups in total. The maximum atomic E-state index is 13.8. The molecule has 140 valence electrons. The van der Waals surface area contributed by atoms with Gasteiger partial charge >= 0.3 is 6.18 Å². The van der Waals surface area contributed by atoms with Crippen molar-refractivity contribution in [3.63, 3.8) is 0 Å². The maximum Gasteiger partial charge on any atom is 0.418 e. The second kappa shape index (κ2) is 7.22. The first-order valence-electron chi connectivity index (χ1n) is 7.88. The molecule has 1 amide bonds. The Morgan fingerprint density at radius 3 is 2.56 bits per heavy atom. The van der Waals surface area contributed by atoms with Crippen molar-refractivity contribution < 1.29 is 27.1 Å². The van der Waals surface area contributed by atoms with Gasteiger partial charge in [-0.2, -0.15) is 13.2 Å². The van der Waals surface area contributed by atoms with Gasteiger partial charge in [-0.05, 0) is 23.8 Å². The summed E-state index contributed by atoms with van der Waals surface area (Å²) in [6.45, 7) is -0.149. The lowest BCUT2D eigenvalue weighted by molar-refractivity contribution is -0.136. The third kappa shape index (κ3) is 3.84. The minimum absolute atomic E-state index is 0.0587. The van der Waals surface area contributed by atoms with E-state index < -0.39 is 34.9 Å². The van der Waals surface area contributed by atoms with E-state index in [0.717, 1.165) is 7.11 Å². The molecule has 3 aromatic rings. The summed E-state index contributed by atoms with van der Waals surface area (Å²) in [7, 11) is 1.14. The number of fused-ring (bicyclic) bond motifs is 1. The normalized spacial score (nSPS) is 11.4. The predicted octanol–water partition coefficient (Wildman–Crippen LogP) is 4.33. The number of halogens is 4. The van der Waals surface area contributed by atoms with E-state index in [-0.39, 0.29) is 17.4 Å². The monoisotopic (exact) mass is 378 g/mol. The van der Waals surface area contributed by atoms with Crippen LogP contribution in [0.4, 0.5) is 17.6 Å². The van der Waals surface area contributed by atoms with Crippen LogP contribution < -0.4 is 10.1 Å². The van der Waals surface area contributed by atoms with Gasteiger partial charge in [-0.25, -0.2) is 9.37 Å². The highest BCUT2D eigenvalue weighted by Crippen LogP contribution is 2.40. The second-order valence-corrected chi connectivity index (χ2v) is 5.70. The molecule has 3 rings (SSSR count). The zero-order chi connectivity index (χ0) is 19.6. The SMILES string of the molecule is COc1nc2ccccc2c(C(F)(F)F)c1C(=O)NCc1cccc(F)c1. The van der Waals surface area contributed by atoms with E-state index in [1.807, 2.05) is 0 Å². The fourth-order valence-corrected chi connectivity index (χ4v) is 2.76. The Labute approximate surface area is 151 Å². The van der Waals surface area contributed by atoms with E-state index in [2.05, 4.69) is 10.3 Å². The highest BCUT2D eigenvalue weighted by atomic mass is 19.4. The van der Waals surface area contributed by atoms with Gasteiger partial charge in [-0.3, -0.25) is 4.79 Å². The van der Waals surface area contributed by atoms with Gasteiger partial charge in [0, 0.05) is 11.9 Å². The molecular weight excluding hydrogens is 364 g/mol. The summed E-state index contributed by atoms with van der Waals surface area (Å²) in [6.07, 6.45) is -4.80. The van der Waals surface area contributed by atoms with Crippen molar-refractivity contribution in [1.82, 2.24) is 10.3 Å². The fourth-order valence-electron chi connectivity index (χ4n) is 2.76. The third-order valence-electron chi connectivity index (χ3n) is 3.91. The quantitative estimate of drug-likeness (QED) is 0.688. The van der Waals surface area contributed by atoms with E-state index in [1.54, 1.807) is 12.1 Å². The van der Waals surface area contributed by atoms with Crippen molar-refractivity contribution in [1.29, 1.82) is 0 Å². The first-order chi connectivity index (χ1) is 12.8. The summed E-state index contributed by atoms with van der Waals surface area (Å²) in [5.74, 6) is -1.96.